The minimum absolute atomic E-state index is 0.0319. The molecule has 2 aromatic heterocycles. The van der Waals surface area contributed by atoms with Gasteiger partial charge in [0, 0.05) is 18.6 Å². The summed E-state index contributed by atoms with van der Waals surface area (Å²) in [6, 6.07) is 3.10. The standard InChI is InChI=1S/C11H10FN3OS/c1-13-10-9(12)8(2-4-14-10)11(16)15-7-3-5-17-6-7/h2-6H,1H3,(H,13,14)(H,15,16). The maximum atomic E-state index is 13.8. The van der Waals surface area contributed by atoms with E-state index in [-0.39, 0.29) is 11.4 Å². The van der Waals surface area contributed by atoms with Crippen LogP contribution in [0.2, 0.25) is 0 Å². The molecule has 0 aromatic carbocycles. The zero-order chi connectivity index (χ0) is 12.3. The Morgan fingerprint density at radius 3 is 2.94 bits per heavy atom. The van der Waals surface area contributed by atoms with Crippen molar-refractivity contribution in [3.8, 4) is 0 Å². The van der Waals surface area contributed by atoms with Gasteiger partial charge in [0.05, 0.1) is 11.3 Å². The van der Waals surface area contributed by atoms with Crippen molar-refractivity contribution in [1.29, 1.82) is 0 Å². The first kappa shape index (κ1) is 11.5. The van der Waals surface area contributed by atoms with Gasteiger partial charge in [-0.05, 0) is 17.5 Å². The molecule has 17 heavy (non-hydrogen) atoms. The molecule has 0 unspecified atom stereocenters. The second kappa shape index (κ2) is 4.92. The average molecular weight is 251 g/mol. The van der Waals surface area contributed by atoms with Gasteiger partial charge in [0.15, 0.2) is 11.6 Å². The van der Waals surface area contributed by atoms with Gasteiger partial charge in [-0.25, -0.2) is 9.37 Å². The maximum absolute atomic E-state index is 13.8. The SMILES string of the molecule is CNc1nccc(C(=O)Nc2ccsc2)c1F. The summed E-state index contributed by atoms with van der Waals surface area (Å²) in [5.74, 6) is -1.08. The van der Waals surface area contributed by atoms with Gasteiger partial charge in [-0.2, -0.15) is 11.3 Å². The molecule has 0 aliphatic rings. The third kappa shape index (κ3) is 2.42. The Morgan fingerprint density at radius 2 is 2.29 bits per heavy atom. The van der Waals surface area contributed by atoms with E-state index in [1.807, 2.05) is 5.38 Å². The van der Waals surface area contributed by atoms with Crippen LogP contribution in [0.1, 0.15) is 10.4 Å². The number of hydrogen-bond donors (Lipinski definition) is 2. The Balaban J connectivity index is 2.25. The van der Waals surface area contributed by atoms with Crippen molar-refractivity contribution in [3.05, 3.63) is 40.5 Å². The average Bonchev–Trinajstić information content (AvgIpc) is 2.82. The quantitative estimate of drug-likeness (QED) is 0.881. The molecular weight excluding hydrogens is 241 g/mol. The van der Waals surface area contributed by atoms with E-state index < -0.39 is 11.7 Å². The number of pyridine rings is 1. The van der Waals surface area contributed by atoms with Crippen molar-refractivity contribution in [3.63, 3.8) is 0 Å². The molecule has 88 valence electrons. The molecule has 0 fully saturated rings. The van der Waals surface area contributed by atoms with Crippen molar-refractivity contribution in [2.24, 2.45) is 0 Å². The lowest BCUT2D eigenvalue weighted by Gasteiger charge is -2.06. The van der Waals surface area contributed by atoms with Gasteiger partial charge in [0.25, 0.3) is 5.91 Å². The fraction of sp³-hybridized carbons (Fsp3) is 0.0909. The first-order valence-electron chi connectivity index (χ1n) is 4.88. The first-order valence-corrected chi connectivity index (χ1v) is 5.82. The Bertz CT molecular complexity index is 528. The van der Waals surface area contributed by atoms with Crippen LogP contribution in [-0.4, -0.2) is 17.9 Å². The molecule has 2 rings (SSSR count). The van der Waals surface area contributed by atoms with E-state index in [1.54, 1.807) is 18.5 Å². The van der Waals surface area contributed by atoms with E-state index in [4.69, 9.17) is 0 Å². The summed E-state index contributed by atoms with van der Waals surface area (Å²) in [4.78, 5) is 15.6. The smallest absolute Gasteiger partial charge is 0.258 e. The molecule has 0 aliphatic carbocycles. The lowest BCUT2D eigenvalue weighted by molar-refractivity contribution is 0.102. The number of thiophene rings is 1. The number of aromatic nitrogens is 1. The summed E-state index contributed by atoms with van der Waals surface area (Å²) in [6.45, 7) is 0. The Hall–Kier alpha value is -1.95. The van der Waals surface area contributed by atoms with Crippen LogP contribution in [0.4, 0.5) is 15.9 Å². The number of carbonyl (C=O) groups excluding carboxylic acids is 1. The normalized spacial score (nSPS) is 10.0. The monoisotopic (exact) mass is 251 g/mol. The highest BCUT2D eigenvalue weighted by molar-refractivity contribution is 7.08. The maximum Gasteiger partial charge on any atom is 0.258 e. The highest BCUT2D eigenvalue weighted by Crippen LogP contribution is 2.17. The van der Waals surface area contributed by atoms with Crippen molar-refractivity contribution in [2.75, 3.05) is 17.7 Å². The third-order valence-electron chi connectivity index (χ3n) is 2.15. The summed E-state index contributed by atoms with van der Waals surface area (Å²) in [5.41, 5.74) is 0.623. The topological polar surface area (TPSA) is 54.0 Å². The van der Waals surface area contributed by atoms with Gasteiger partial charge in [0.1, 0.15) is 0 Å². The predicted octanol–water partition coefficient (Wildman–Crippen LogP) is 2.58. The molecule has 2 N–H and O–H groups in total. The molecule has 2 aromatic rings. The molecule has 6 heteroatoms. The number of halogens is 1. The van der Waals surface area contributed by atoms with Crippen molar-refractivity contribution < 1.29 is 9.18 Å². The number of nitrogens with zero attached hydrogens (tertiary/aromatic N) is 1. The fourth-order valence-corrected chi connectivity index (χ4v) is 1.92. The van der Waals surface area contributed by atoms with Gasteiger partial charge in [-0.15, -0.1) is 0 Å². The van der Waals surface area contributed by atoms with Crippen molar-refractivity contribution >= 4 is 28.7 Å². The van der Waals surface area contributed by atoms with E-state index in [9.17, 15) is 9.18 Å². The van der Waals surface area contributed by atoms with E-state index in [0.29, 0.717) is 5.69 Å². The van der Waals surface area contributed by atoms with Crippen LogP contribution in [-0.2, 0) is 0 Å². The van der Waals surface area contributed by atoms with Crippen LogP contribution in [0.25, 0.3) is 0 Å². The molecule has 0 bridgehead atoms. The minimum atomic E-state index is -0.650. The van der Waals surface area contributed by atoms with Gasteiger partial charge in [0.2, 0.25) is 0 Å². The Kier molecular flexibility index (Phi) is 3.34. The number of amides is 1. The zero-order valence-corrected chi connectivity index (χ0v) is 9.84. The molecule has 0 spiro atoms. The highest BCUT2D eigenvalue weighted by atomic mass is 32.1. The molecule has 0 aliphatic heterocycles. The second-order valence-corrected chi connectivity index (χ2v) is 4.02. The summed E-state index contributed by atoms with van der Waals surface area (Å²) in [5, 5.41) is 8.80. The number of nitrogens with one attached hydrogen (secondary N) is 2. The summed E-state index contributed by atoms with van der Waals surface area (Å²) >= 11 is 1.46. The largest absolute Gasteiger partial charge is 0.371 e. The van der Waals surface area contributed by atoms with Crippen LogP contribution >= 0.6 is 11.3 Å². The summed E-state index contributed by atoms with van der Waals surface area (Å²) < 4.78 is 13.8. The van der Waals surface area contributed by atoms with E-state index in [0.717, 1.165) is 0 Å². The fourth-order valence-electron chi connectivity index (χ4n) is 1.33. The summed E-state index contributed by atoms with van der Waals surface area (Å²) in [7, 11) is 1.55. The number of rotatable bonds is 3. The van der Waals surface area contributed by atoms with Gasteiger partial charge in [-0.3, -0.25) is 4.79 Å². The van der Waals surface area contributed by atoms with E-state index in [2.05, 4.69) is 15.6 Å². The van der Waals surface area contributed by atoms with E-state index in [1.165, 1.54) is 23.6 Å². The number of carbonyl (C=O) groups is 1. The second-order valence-electron chi connectivity index (χ2n) is 3.24. The molecule has 1 amide bonds. The Morgan fingerprint density at radius 1 is 1.47 bits per heavy atom. The number of anilines is 2. The lowest BCUT2D eigenvalue weighted by Crippen LogP contribution is -2.14. The molecular formula is C11H10FN3OS. The molecule has 0 saturated carbocycles. The molecule has 0 radical (unpaired) electrons. The van der Waals surface area contributed by atoms with Crippen LogP contribution < -0.4 is 10.6 Å². The van der Waals surface area contributed by atoms with Gasteiger partial charge in [-0.1, -0.05) is 0 Å². The first-order chi connectivity index (χ1) is 8.22. The molecule has 0 atom stereocenters. The van der Waals surface area contributed by atoms with Crippen LogP contribution in [0.3, 0.4) is 0 Å². The Labute approximate surface area is 102 Å². The molecule has 2 heterocycles. The van der Waals surface area contributed by atoms with Crippen LogP contribution in [0.5, 0.6) is 0 Å². The van der Waals surface area contributed by atoms with Crippen LogP contribution in [0, 0.1) is 5.82 Å². The summed E-state index contributed by atoms with van der Waals surface area (Å²) in [6.07, 6.45) is 1.39. The zero-order valence-electron chi connectivity index (χ0n) is 9.03. The van der Waals surface area contributed by atoms with Gasteiger partial charge >= 0.3 is 0 Å². The molecule has 0 saturated heterocycles. The van der Waals surface area contributed by atoms with Gasteiger partial charge < -0.3 is 10.6 Å². The van der Waals surface area contributed by atoms with E-state index >= 15 is 0 Å². The van der Waals surface area contributed by atoms with Crippen LogP contribution in [0.15, 0.2) is 29.1 Å². The lowest BCUT2D eigenvalue weighted by atomic mass is 10.2. The van der Waals surface area contributed by atoms with Crippen molar-refractivity contribution in [2.45, 2.75) is 0 Å². The minimum Gasteiger partial charge on any atom is -0.371 e. The van der Waals surface area contributed by atoms with Crippen molar-refractivity contribution in [1.82, 2.24) is 4.98 Å². The highest BCUT2D eigenvalue weighted by Gasteiger charge is 2.15. The molecule has 4 nitrogen and oxygen atoms in total. The predicted molar refractivity (Wildman–Crippen MR) is 66.0 cm³/mol. The number of hydrogen-bond acceptors (Lipinski definition) is 4. The third-order valence-corrected chi connectivity index (χ3v) is 2.83.